The molecule has 0 spiro atoms. The first-order chi connectivity index (χ1) is 63.9. The van der Waals surface area contributed by atoms with E-state index in [-0.39, 0.29) is 86.2 Å². The van der Waals surface area contributed by atoms with Crippen LogP contribution in [0, 0.1) is 5.92 Å². The summed E-state index contributed by atoms with van der Waals surface area (Å²) in [7, 11) is 5.99. The van der Waals surface area contributed by atoms with Gasteiger partial charge in [0.1, 0.15) is 51.1 Å². The van der Waals surface area contributed by atoms with Gasteiger partial charge in [0.25, 0.3) is 22.2 Å². The van der Waals surface area contributed by atoms with E-state index in [0.29, 0.717) is 178 Å². The van der Waals surface area contributed by atoms with Crippen LogP contribution < -0.4 is 36.4 Å². The van der Waals surface area contributed by atoms with Gasteiger partial charge in [-0.1, -0.05) is 59.7 Å². The van der Waals surface area contributed by atoms with Crippen molar-refractivity contribution in [2.45, 2.75) is 175 Å². The van der Waals surface area contributed by atoms with Crippen molar-refractivity contribution in [2.75, 3.05) is 73.6 Å². The zero-order valence-corrected chi connectivity index (χ0v) is 75.2. The van der Waals surface area contributed by atoms with Crippen molar-refractivity contribution in [3.05, 3.63) is 228 Å². The second-order valence-corrected chi connectivity index (χ2v) is 36.5. The minimum atomic E-state index is -1.86. The summed E-state index contributed by atoms with van der Waals surface area (Å²) in [6.45, 7) is 19.4. The standard InChI is InChI=1S/C29H31N3O6.C28H30N4O6.C23H23N3O5.C20H16N2O4/c1-4-18-19-12-17(38-28(35)31-10-8-16(3)9-11-31)6-7-23(19)30-25-20(18)14-32-24(25)13-22-21(26(32)33)15-37-27(34)29(22,36)5-2;1-3-28(35)20-11-22-25-18(14-32(22)26(33)19(20)15-38-27(28)34)17(13-31-6-4-30(2)5-7-31)16-10-23-24(12-21(16)29-25)37-9-8-36-23;1-4-23(30)16-8-18-20-12(9-26(18)21(28)15(16)11-31-22(23)29)7-13-14(10-25(2)3)19(27)6-5-17(13)24-20;1-2-20(25)14-8-16-17-12(7-11-5-3-4-6-15(11)21-17)9-22(16)18(23)13(14)10-26-19(20)24/h6-7,12-13,16,36H,4-5,8-11,14-15H2,1-3H3;10-12,35H,3-9,13-15H2,1-2H3;5-8,27,30H,4,9-11H2,1-3H3;3-8,25H,2,9-10H2,1H3/t29-;28-;23-;20-/m0000/s1. The fourth-order valence-corrected chi connectivity index (χ4v) is 20.6. The predicted octanol–water partition coefficient (Wildman–Crippen LogP) is 9.40. The summed E-state index contributed by atoms with van der Waals surface area (Å²) in [4.78, 5) is 144. The Labute approximate surface area is 760 Å². The van der Waals surface area contributed by atoms with Gasteiger partial charge in [0.15, 0.2) is 33.9 Å². The van der Waals surface area contributed by atoms with Crippen LogP contribution in [-0.2, 0) is 133 Å². The van der Waals surface area contributed by atoms with Gasteiger partial charge in [-0.25, -0.2) is 43.9 Å². The van der Waals surface area contributed by atoms with E-state index in [1.807, 2.05) is 86.6 Å². The predicted molar refractivity (Wildman–Crippen MR) is 486 cm³/mol. The zero-order valence-electron chi connectivity index (χ0n) is 75.2. The van der Waals surface area contributed by atoms with Crippen LogP contribution in [-0.4, -0.2) is 187 Å². The fourth-order valence-electron chi connectivity index (χ4n) is 20.6. The van der Waals surface area contributed by atoms with Gasteiger partial charge in [-0.2, -0.15) is 0 Å². The number of hydrogen-bond acceptors (Lipinski definition) is 28. The fraction of sp³-hybridized carbons (Fsp3) is 0.390. The SMILES string of the molecule is CC[C@@]1(O)C(=O)OCc2c1cc1n(c2=O)Cc2c-1nc1cc3c(cc1c2CN1CCN(C)CC1)OCCO3.CC[C@@]1(O)C(=O)OCc2c1cc1n(c2=O)Cc2cc3c(CN(C)C)c(O)ccc3nc2-1.CC[C@@]1(O)C(=O)OCc2c1cc1n(c2=O)Cc2cc3ccccc3nc2-1.CCc1c2c(nc3ccc(OC(=O)N4CCC(C)CC4)cc13)-c1cc3c(c(=O)n1C2)COC(=O)[C@]3(O)CC. The number of pyridine rings is 8. The van der Waals surface area contributed by atoms with Crippen LogP contribution in [0.5, 0.6) is 23.0 Å². The number of phenolic OH excluding ortho intramolecular Hbond substituents is 1. The van der Waals surface area contributed by atoms with Gasteiger partial charge in [0.05, 0.1) is 116 Å². The lowest BCUT2D eigenvalue weighted by molar-refractivity contribution is -0.172. The highest BCUT2D eigenvalue weighted by Gasteiger charge is 2.51. The number of carbonyl (C=O) groups excluding carboxylic acids is 5. The van der Waals surface area contributed by atoms with Crippen molar-refractivity contribution >= 4 is 73.6 Å². The van der Waals surface area contributed by atoms with Gasteiger partial charge in [0.2, 0.25) is 0 Å². The maximum atomic E-state index is 13.7. The van der Waals surface area contributed by atoms with Crippen LogP contribution in [0.25, 0.3) is 89.2 Å². The Morgan fingerprint density at radius 3 is 1.36 bits per heavy atom. The minimum Gasteiger partial charge on any atom is -0.508 e. The third kappa shape index (κ3) is 14.2. The Morgan fingerprint density at radius 2 is 0.872 bits per heavy atom. The molecule has 0 bridgehead atoms. The number of piperidine rings is 1. The third-order valence-electron chi connectivity index (χ3n) is 28.5. The number of nitrogens with zero attached hydrogens (tertiary/aromatic N) is 12. The van der Waals surface area contributed by atoms with Gasteiger partial charge in [-0.05, 0) is 162 Å². The molecule has 11 aliphatic rings. The molecule has 0 radical (unpaired) electrons. The number of esters is 4. The normalized spacial score (nSPS) is 20.9. The molecule has 0 unspecified atom stereocenters. The molecule has 11 aliphatic heterocycles. The first-order valence-electron chi connectivity index (χ1n) is 45.3. The maximum absolute atomic E-state index is 13.7. The molecule has 4 aromatic carbocycles. The molecular weight excluding hydrogens is 1710 g/mol. The maximum Gasteiger partial charge on any atom is 0.415 e. The number of likely N-dealkylation sites (tertiary alicyclic amines) is 1. The number of para-hydroxylation sites is 1. The second-order valence-electron chi connectivity index (χ2n) is 36.5. The molecule has 23 rings (SSSR count). The number of phenols is 1. The van der Waals surface area contributed by atoms with E-state index in [4.69, 9.17) is 53.1 Å². The van der Waals surface area contributed by atoms with Crippen molar-refractivity contribution in [1.82, 2.24) is 57.8 Å². The molecule has 12 aromatic rings. The van der Waals surface area contributed by atoms with E-state index >= 15 is 0 Å². The number of ether oxygens (including phenoxy) is 7. The van der Waals surface area contributed by atoms with Crippen LogP contribution in [0.2, 0.25) is 0 Å². The lowest BCUT2D eigenvalue weighted by atomic mass is 9.86. The van der Waals surface area contributed by atoms with E-state index in [1.165, 1.54) is 0 Å². The van der Waals surface area contributed by atoms with E-state index in [1.54, 1.807) is 93.3 Å². The second kappa shape index (κ2) is 33.1. The molecule has 33 nitrogen and oxygen atoms in total. The summed E-state index contributed by atoms with van der Waals surface area (Å²) in [5.41, 5.74) is 8.93. The Hall–Kier alpha value is -13.4. The molecule has 0 aliphatic carbocycles. The smallest absolute Gasteiger partial charge is 0.415 e. The number of aromatic hydroxyl groups is 1. The first kappa shape index (κ1) is 87.6. The van der Waals surface area contributed by atoms with E-state index in [0.717, 1.165) is 128 Å². The molecule has 4 atom stereocenters. The van der Waals surface area contributed by atoms with Gasteiger partial charge in [0, 0.05) is 130 Å². The first-order valence-corrected chi connectivity index (χ1v) is 45.3. The van der Waals surface area contributed by atoms with Crippen molar-refractivity contribution in [1.29, 1.82) is 0 Å². The molecule has 19 heterocycles. The molecule has 1 amide bonds. The van der Waals surface area contributed by atoms with Gasteiger partial charge in [-0.15, -0.1) is 0 Å². The molecule has 8 aromatic heterocycles. The molecule has 2 saturated heterocycles. The van der Waals surface area contributed by atoms with Crippen molar-refractivity contribution < 1.29 is 82.7 Å². The van der Waals surface area contributed by atoms with Gasteiger partial charge in [-0.3, -0.25) is 24.1 Å². The van der Waals surface area contributed by atoms with Crippen molar-refractivity contribution in [3.8, 4) is 68.5 Å². The summed E-state index contributed by atoms with van der Waals surface area (Å²) >= 11 is 0. The number of carbonyl (C=O) groups is 5. The molecule has 0 saturated carbocycles. The number of benzene rings is 4. The number of aliphatic hydroxyl groups is 4. The molecule has 2 fully saturated rings. The van der Waals surface area contributed by atoms with E-state index in [9.17, 15) is 68.7 Å². The lowest BCUT2D eigenvalue weighted by Crippen LogP contribution is -2.44. The Kier molecular flexibility index (Phi) is 21.8. The topological polar surface area (TPSA) is 404 Å². The number of cyclic esters (lactones) is 4. The number of aryl methyl sites for hydroxylation is 1. The number of rotatable bonds is 10. The van der Waals surface area contributed by atoms with E-state index in [2.05, 4.69) is 23.8 Å². The largest absolute Gasteiger partial charge is 0.508 e. The monoisotopic (exact) mass is 1800 g/mol. The van der Waals surface area contributed by atoms with Crippen LogP contribution in [0.3, 0.4) is 0 Å². The lowest BCUT2D eigenvalue weighted by Gasteiger charge is -2.33. The van der Waals surface area contributed by atoms with Crippen LogP contribution in [0.15, 0.2) is 122 Å². The quantitative estimate of drug-likeness (QED) is 0.0628. The summed E-state index contributed by atoms with van der Waals surface area (Å²) < 4.78 is 44.7. The van der Waals surface area contributed by atoms with E-state index < -0.39 is 46.3 Å². The number of hydrogen-bond donors (Lipinski definition) is 5. The summed E-state index contributed by atoms with van der Waals surface area (Å²) in [5.74, 6) is -0.257. The Bertz CT molecular complexity index is 7310. The van der Waals surface area contributed by atoms with Gasteiger partial charge >= 0.3 is 30.0 Å². The highest BCUT2D eigenvalue weighted by molar-refractivity contribution is 5.95. The molecule has 133 heavy (non-hydrogen) atoms. The summed E-state index contributed by atoms with van der Waals surface area (Å²) in [5, 5.41) is 58.2. The molecule has 5 N–H and O–H groups in total. The number of piperazine rings is 1. The summed E-state index contributed by atoms with van der Waals surface area (Å²) in [6, 6.07) is 31.4. The molecular formula is C100H100N12O21. The number of fused-ring (bicyclic) bond motifs is 21. The number of likely N-dealkylation sites (N-methyl/N-ethyl adjacent to an activating group) is 1. The van der Waals surface area contributed by atoms with Crippen molar-refractivity contribution in [3.63, 3.8) is 0 Å². The number of aromatic nitrogens is 8. The zero-order chi connectivity index (χ0) is 93.1. The highest BCUT2D eigenvalue weighted by atomic mass is 16.6. The van der Waals surface area contributed by atoms with Crippen LogP contribution in [0.1, 0.15) is 164 Å². The average Bonchev–Trinajstić information content (AvgIpc) is 1.58. The molecule has 686 valence electrons. The third-order valence-corrected chi connectivity index (χ3v) is 28.5. The molecule has 33 heteroatoms. The summed E-state index contributed by atoms with van der Waals surface area (Å²) in [6.07, 6.45) is 2.74. The van der Waals surface area contributed by atoms with Crippen LogP contribution in [0.4, 0.5) is 4.79 Å². The Morgan fingerprint density at radius 1 is 0.451 bits per heavy atom. The Balaban J connectivity index is 0.000000111. The van der Waals surface area contributed by atoms with Crippen LogP contribution >= 0.6 is 0 Å². The van der Waals surface area contributed by atoms with Crippen molar-refractivity contribution in [2.24, 2.45) is 5.92 Å². The average molecular weight is 1810 g/mol. The highest BCUT2D eigenvalue weighted by Crippen LogP contribution is 2.48. The number of amides is 1. The van der Waals surface area contributed by atoms with Gasteiger partial charge < -0.3 is 91.7 Å². The minimum absolute atomic E-state index is 0.0951.